The molecule has 2 aromatic heterocycles. The fraction of sp³-hybridized carbons (Fsp3) is 0.308. The van der Waals surface area contributed by atoms with Crippen molar-refractivity contribution in [1.82, 2.24) is 9.38 Å². The molecule has 1 aliphatic heterocycles. The summed E-state index contributed by atoms with van der Waals surface area (Å²) in [6.45, 7) is 3.42. The van der Waals surface area contributed by atoms with Crippen molar-refractivity contribution in [3.63, 3.8) is 0 Å². The van der Waals surface area contributed by atoms with Crippen molar-refractivity contribution in [2.75, 3.05) is 7.11 Å². The Morgan fingerprint density at radius 1 is 1.37 bits per heavy atom. The van der Waals surface area contributed by atoms with E-state index in [1.54, 1.807) is 26.0 Å². The lowest BCUT2D eigenvalue weighted by atomic mass is 10.0. The highest BCUT2D eigenvalue weighted by Crippen LogP contribution is 2.32. The lowest BCUT2D eigenvalue weighted by Gasteiger charge is -2.16. The number of hydrogen-bond acceptors (Lipinski definition) is 5. The first-order chi connectivity index (χ1) is 8.94. The Bertz CT molecular complexity index is 761. The highest BCUT2D eigenvalue weighted by atomic mass is 16.6. The molecular formula is C13H12N2O4. The molecule has 6 nitrogen and oxygen atoms in total. The summed E-state index contributed by atoms with van der Waals surface area (Å²) in [6.07, 6.45) is 1.53. The zero-order valence-electron chi connectivity index (χ0n) is 10.8. The van der Waals surface area contributed by atoms with E-state index in [1.807, 2.05) is 0 Å². The van der Waals surface area contributed by atoms with Gasteiger partial charge in [0.1, 0.15) is 22.7 Å². The molecule has 0 radical (unpaired) electrons. The van der Waals surface area contributed by atoms with Gasteiger partial charge in [0, 0.05) is 12.3 Å². The van der Waals surface area contributed by atoms with Gasteiger partial charge in [-0.3, -0.25) is 9.20 Å². The van der Waals surface area contributed by atoms with Crippen molar-refractivity contribution in [3.8, 4) is 5.75 Å². The Morgan fingerprint density at radius 3 is 2.79 bits per heavy atom. The van der Waals surface area contributed by atoms with Crippen LogP contribution in [0, 0.1) is 0 Å². The van der Waals surface area contributed by atoms with Crippen molar-refractivity contribution in [3.05, 3.63) is 39.9 Å². The molecule has 0 N–H and O–H groups in total. The standard InChI is InChI=1S/C13H12N2O4/c1-13(2)10-9(12(17)19-13)11(16)15-5-4-7(18-3)6-8(15)14-10/h4-6H,1-3H3. The zero-order valence-corrected chi connectivity index (χ0v) is 10.8. The van der Waals surface area contributed by atoms with Gasteiger partial charge in [0.2, 0.25) is 0 Å². The molecule has 3 rings (SSSR count). The molecule has 0 aromatic carbocycles. The van der Waals surface area contributed by atoms with Gasteiger partial charge in [0.05, 0.1) is 7.11 Å². The topological polar surface area (TPSA) is 69.9 Å². The van der Waals surface area contributed by atoms with Crippen LogP contribution in [0.4, 0.5) is 0 Å². The fourth-order valence-corrected chi connectivity index (χ4v) is 2.20. The van der Waals surface area contributed by atoms with Crippen LogP contribution >= 0.6 is 0 Å². The third-order valence-corrected chi connectivity index (χ3v) is 3.16. The Balaban J connectivity index is 2.42. The number of pyridine rings is 1. The Labute approximate surface area is 108 Å². The number of aromatic nitrogens is 2. The third-order valence-electron chi connectivity index (χ3n) is 3.16. The summed E-state index contributed by atoms with van der Waals surface area (Å²) in [5.41, 5.74) is -0.500. The summed E-state index contributed by atoms with van der Waals surface area (Å²) < 4.78 is 11.6. The summed E-state index contributed by atoms with van der Waals surface area (Å²) in [5, 5.41) is 0. The summed E-state index contributed by atoms with van der Waals surface area (Å²) in [5.74, 6) is -0.0300. The highest BCUT2D eigenvalue weighted by molar-refractivity contribution is 5.93. The molecule has 0 atom stereocenters. The van der Waals surface area contributed by atoms with Crippen molar-refractivity contribution < 1.29 is 14.3 Å². The van der Waals surface area contributed by atoms with Crippen LogP contribution in [0.15, 0.2) is 23.1 Å². The number of rotatable bonds is 1. The number of carbonyl (C=O) groups excluding carboxylic acids is 1. The normalized spacial score (nSPS) is 16.3. The molecule has 0 saturated heterocycles. The van der Waals surface area contributed by atoms with Gasteiger partial charge in [-0.25, -0.2) is 9.78 Å². The first kappa shape index (κ1) is 11.7. The van der Waals surface area contributed by atoms with E-state index in [9.17, 15) is 9.59 Å². The van der Waals surface area contributed by atoms with Gasteiger partial charge >= 0.3 is 5.97 Å². The molecule has 6 heteroatoms. The molecular weight excluding hydrogens is 248 g/mol. The molecule has 0 unspecified atom stereocenters. The number of esters is 1. The average molecular weight is 260 g/mol. The largest absolute Gasteiger partial charge is 0.497 e. The highest BCUT2D eigenvalue weighted by Gasteiger charge is 2.42. The van der Waals surface area contributed by atoms with Crippen molar-refractivity contribution >= 4 is 11.6 Å². The maximum atomic E-state index is 12.3. The smallest absolute Gasteiger partial charge is 0.346 e. The van der Waals surface area contributed by atoms with Crippen LogP contribution in [0.2, 0.25) is 0 Å². The van der Waals surface area contributed by atoms with Crippen molar-refractivity contribution in [2.45, 2.75) is 19.4 Å². The zero-order chi connectivity index (χ0) is 13.8. The Morgan fingerprint density at radius 2 is 2.11 bits per heavy atom. The van der Waals surface area contributed by atoms with Gasteiger partial charge in [0.25, 0.3) is 5.56 Å². The van der Waals surface area contributed by atoms with Crippen LogP contribution < -0.4 is 10.3 Å². The molecule has 98 valence electrons. The number of fused-ring (bicyclic) bond motifs is 2. The number of cyclic esters (lactones) is 1. The first-order valence-corrected chi connectivity index (χ1v) is 5.78. The fourth-order valence-electron chi connectivity index (χ4n) is 2.20. The number of carbonyl (C=O) groups is 1. The minimum Gasteiger partial charge on any atom is -0.497 e. The molecule has 0 spiro atoms. The van der Waals surface area contributed by atoms with Gasteiger partial charge < -0.3 is 9.47 Å². The van der Waals surface area contributed by atoms with E-state index in [2.05, 4.69) is 4.98 Å². The molecule has 0 bridgehead atoms. The minimum atomic E-state index is -0.886. The lowest BCUT2D eigenvalue weighted by molar-refractivity contribution is 0.00834. The second-order valence-corrected chi connectivity index (χ2v) is 4.84. The molecule has 2 aromatic rings. The molecule has 3 heterocycles. The van der Waals surface area contributed by atoms with Gasteiger partial charge in [0.15, 0.2) is 5.56 Å². The molecule has 0 fully saturated rings. The number of hydrogen-bond donors (Lipinski definition) is 0. The van der Waals surface area contributed by atoms with Crippen LogP contribution in [-0.4, -0.2) is 22.5 Å². The summed E-state index contributed by atoms with van der Waals surface area (Å²) in [6, 6.07) is 3.27. The number of methoxy groups -OCH3 is 1. The maximum absolute atomic E-state index is 12.3. The van der Waals surface area contributed by atoms with Crippen molar-refractivity contribution in [2.24, 2.45) is 0 Å². The van der Waals surface area contributed by atoms with Gasteiger partial charge in [-0.1, -0.05) is 0 Å². The Kier molecular flexibility index (Phi) is 2.20. The van der Waals surface area contributed by atoms with Gasteiger partial charge in [-0.05, 0) is 19.9 Å². The second kappa shape index (κ2) is 3.57. The van der Waals surface area contributed by atoms with Crippen LogP contribution in [0.5, 0.6) is 5.75 Å². The number of nitrogens with zero attached hydrogens (tertiary/aromatic N) is 2. The predicted molar refractivity (Wildman–Crippen MR) is 66.5 cm³/mol. The van der Waals surface area contributed by atoms with E-state index in [-0.39, 0.29) is 5.56 Å². The molecule has 19 heavy (non-hydrogen) atoms. The van der Waals surface area contributed by atoms with E-state index < -0.39 is 17.1 Å². The second-order valence-electron chi connectivity index (χ2n) is 4.84. The summed E-state index contributed by atoms with van der Waals surface area (Å²) in [4.78, 5) is 28.4. The van der Waals surface area contributed by atoms with E-state index in [4.69, 9.17) is 9.47 Å². The molecule has 0 amide bonds. The van der Waals surface area contributed by atoms with E-state index in [1.165, 1.54) is 17.7 Å². The van der Waals surface area contributed by atoms with Crippen LogP contribution in [-0.2, 0) is 10.3 Å². The number of ether oxygens (including phenoxy) is 2. The molecule has 0 aliphatic carbocycles. The predicted octanol–water partition coefficient (Wildman–Crippen LogP) is 1.11. The maximum Gasteiger partial charge on any atom is 0.346 e. The van der Waals surface area contributed by atoms with E-state index in [0.717, 1.165) is 0 Å². The van der Waals surface area contributed by atoms with E-state index in [0.29, 0.717) is 17.1 Å². The van der Waals surface area contributed by atoms with E-state index >= 15 is 0 Å². The minimum absolute atomic E-state index is 0.00710. The van der Waals surface area contributed by atoms with Crippen molar-refractivity contribution in [1.29, 1.82) is 0 Å². The molecule has 1 aliphatic rings. The SMILES string of the molecule is COc1ccn2c(=O)c3c(nc2c1)C(C)(C)OC3=O. The molecule has 0 saturated carbocycles. The van der Waals surface area contributed by atoms with Crippen LogP contribution in [0.25, 0.3) is 5.65 Å². The summed E-state index contributed by atoms with van der Waals surface area (Å²) >= 11 is 0. The third kappa shape index (κ3) is 1.53. The quantitative estimate of drug-likeness (QED) is 0.718. The summed E-state index contributed by atoms with van der Waals surface area (Å²) in [7, 11) is 1.54. The average Bonchev–Trinajstić information content (AvgIpc) is 2.59. The lowest BCUT2D eigenvalue weighted by Crippen LogP contribution is -2.24. The first-order valence-electron chi connectivity index (χ1n) is 5.78. The Hall–Kier alpha value is -2.37. The van der Waals surface area contributed by atoms with Crippen LogP contribution in [0.3, 0.4) is 0 Å². The monoisotopic (exact) mass is 260 g/mol. The van der Waals surface area contributed by atoms with Crippen LogP contribution in [0.1, 0.15) is 29.9 Å². The van der Waals surface area contributed by atoms with Gasteiger partial charge in [-0.15, -0.1) is 0 Å². The van der Waals surface area contributed by atoms with Gasteiger partial charge in [-0.2, -0.15) is 0 Å².